The highest BCUT2D eigenvalue weighted by atomic mass is 15.0. The number of nitrogens with zero attached hydrogens (tertiary/aromatic N) is 3. The molecule has 3 heteroatoms. The quantitative estimate of drug-likeness (QED) is 0.156. The van der Waals surface area contributed by atoms with Gasteiger partial charge in [0.25, 0.3) is 0 Å². The maximum absolute atomic E-state index is 2.62. The molecule has 0 unspecified atom stereocenters. The summed E-state index contributed by atoms with van der Waals surface area (Å²) in [6.45, 7) is 0. The van der Waals surface area contributed by atoms with Gasteiger partial charge in [0.05, 0.1) is 38.8 Å². The van der Waals surface area contributed by atoms with E-state index in [1.165, 1.54) is 137 Å². The predicted octanol–water partition coefficient (Wildman–Crippen LogP) is 17.4. The van der Waals surface area contributed by atoms with Crippen LogP contribution >= 0.6 is 0 Å². The lowest BCUT2D eigenvalue weighted by Crippen LogP contribution is -2.29. The van der Waals surface area contributed by atoms with Gasteiger partial charge in [0.1, 0.15) is 0 Å². The topological polar surface area (TPSA) is 14.8 Å². The van der Waals surface area contributed by atoms with E-state index in [1.54, 1.807) is 0 Å². The number of hydrogen-bond donors (Lipinski definition) is 0. The first-order valence-electron chi connectivity index (χ1n) is 24.9. The molecular formula is C68H41N3. The van der Waals surface area contributed by atoms with Crippen LogP contribution in [0, 0.1) is 0 Å². The van der Waals surface area contributed by atoms with Gasteiger partial charge >= 0.3 is 0 Å². The molecule has 0 amide bonds. The van der Waals surface area contributed by atoms with Gasteiger partial charge in [-0.25, -0.2) is 0 Å². The molecule has 0 atom stereocenters. The van der Waals surface area contributed by atoms with Crippen molar-refractivity contribution in [2.75, 3.05) is 0 Å². The second-order valence-electron chi connectivity index (χ2n) is 19.8. The van der Waals surface area contributed by atoms with Crippen molar-refractivity contribution in [3.63, 3.8) is 0 Å². The SMILES string of the molecule is c1ccc(-n2c3ccccc3c3ccc4c5cc(-c6ccc(-n7c8cccc9c%10ccccc%10c%10cccc7c%10c98)c7c6C6c8ccccc8C7c7ccccc76)ccc5n(-c5ccccc5)c4c32)cc1. The normalized spacial score (nSPS) is 15.0. The molecule has 3 aromatic heterocycles. The van der Waals surface area contributed by atoms with E-state index in [-0.39, 0.29) is 11.8 Å². The zero-order valence-electron chi connectivity index (χ0n) is 38.5. The fourth-order valence-corrected chi connectivity index (χ4v) is 13.9. The molecule has 0 spiro atoms. The van der Waals surface area contributed by atoms with Crippen molar-refractivity contribution in [3.05, 3.63) is 270 Å². The third kappa shape index (κ3) is 4.78. The van der Waals surface area contributed by atoms with E-state index in [1.807, 2.05) is 0 Å². The van der Waals surface area contributed by atoms with Crippen molar-refractivity contribution in [2.45, 2.75) is 11.8 Å². The van der Waals surface area contributed by atoms with Gasteiger partial charge < -0.3 is 13.7 Å². The van der Waals surface area contributed by atoms with E-state index in [0.717, 1.165) is 11.4 Å². The molecular weight excluding hydrogens is 859 g/mol. The molecule has 3 aliphatic carbocycles. The van der Waals surface area contributed by atoms with Crippen LogP contribution in [0.4, 0.5) is 0 Å². The van der Waals surface area contributed by atoms with Crippen molar-refractivity contribution in [3.8, 4) is 28.2 Å². The Balaban J connectivity index is 0.991. The summed E-state index contributed by atoms with van der Waals surface area (Å²) in [4.78, 5) is 0. The van der Waals surface area contributed by atoms with E-state index in [9.17, 15) is 0 Å². The van der Waals surface area contributed by atoms with Crippen LogP contribution in [0.25, 0.3) is 115 Å². The molecule has 328 valence electrons. The van der Waals surface area contributed by atoms with Crippen LogP contribution in [-0.4, -0.2) is 13.7 Å². The van der Waals surface area contributed by atoms with Crippen molar-refractivity contribution in [1.82, 2.24) is 13.7 Å². The fourth-order valence-electron chi connectivity index (χ4n) is 13.9. The first-order chi connectivity index (χ1) is 35.3. The number of hydrogen-bond acceptors (Lipinski definition) is 0. The standard InChI is InChI=1S/C68H41N3/c1-3-17-41(18-4-1)69-56-30-14-13-23-46(56)53-34-35-54-55-39-40(33-37-57(55)70(68(54)67(53)69)42-19-5-2-6-20-42)43-36-38-60(66-62-51-26-11-9-24-49(51)61(65(43)66)50-25-10-12-27-52(50)62)71-58-31-15-28-47-44-21-7-8-22-45(44)48-29-16-32-59(71)64(48)63(47)58/h1-39,61-62H. The van der Waals surface area contributed by atoms with Crippen LogP contribution in [0.2, 0.25) is 0 Å². The minimum Gasteiger partial charge on any atom is -0.309 e. The minimum absolute atomic E-state index is 0.0652. The van der Waals surface area contributed by atoms with Crippen molar-refractivity contribution in [2.24, 2.45) is 0 Å². The van der Waals surface area contributed by atoms with Gasteiger partial charge in [-0.2, -0.15) is 0 Å². The van der Waals surface area contributed by atoms with Gasteiger partial charge in [-0.1, -0.05) is 176 Å². The van der Waals surface area contributed by atoms with E-state index >= 15 is 0 Å². The molecule has 12 aromatic carbocycles. The highest BCUT2D eigenvalue weighted by molar-refractivity contribution is 6.34. The van der Waals surface area contributed by atoms with Crippen LogP contribution < -0.4 is 0 Å². The zero-order chi connectivity index (χ0) is 46.1. The lowest BCUT2D eigenvalue weighted by molar-refractivity contribution is 0.750. The van der Waals surface area contributed by atoms with Crippen LogP contribution in [0.15, 0.2) is 237 Å². The van der Waals surface area contributed by atoms with Crippen LogP contribution in [0.5, 0.6) is 0 Å². The number of benzene rings is 12. The van der Waals surface area contributed by atoms with Crippen LogP contribution in [-0.2, 0) is 0 Å². The molecule has 0 fully saturated rings. The predicted molar refractivity (Wildman–Crippen MR) is 296 cm³/mol. The highest BCUT2D eigenvalue weighted by Crippen LogP contribution is 2.60. The van der Waals surface area contributed by atoms with Gasteiger partial charge in [-0.05, 0) is 127 Å². The Bertz CT molecular complexity index is 4620. The van der Waals surface area contributed by atoms with Gasteiger partial charge in [0.2, 0.25) is 0 Å². The molecule has 15 aromatic rings. The Labute approximate surface area is 408 Å². The molecule has 18 rings (SSSR count). The van der Waals surface area contributed by atoms with E-state index < -0.39 is 0 Å². The lowest BCUT2D eigenvalue weighted by Gasteiger charge is -2.44. The molecule has 0 saturated heterocycles. The van der Waals surface area contributed by atoms with Gasteiger partial charge in [0.15, 0.2) is 0 Å². The third-order valence-electron chi connectivity index (χ3n) is 16.5. The summed E-state index contributed by atoms with van der Waals surface area (Å²) in [7, 11) is 0. The maximum atomic E-state index is 2.62. The summed E-state index contributed by atoms with van der Waals surface area (Å²) in [5.74, 6) is 0.134. The first-order valence-corrected chi connectivity index (χ1v) is 24.9. The number of rotatable bonds is 4. The van der Waals surface area contributed by atoms with Gasteiger partial charge in [0, 0.05) is 55.5 Å². The molecule has 0 N–H and O–H groups in total. The second-order valence-corrected chi connectivity index (χ2v) is 19.8. The molecule has 3 nitrogen and oxygen atoms in total. The van der Waals surface area contributed by atoms with Gasteiger partial charge in [-0.3, -0.25) is 0 Å². The van der Waals surface area contributed by atoms with Crippen molar-refractivity contribution < 1.29 is 0 Å². The first kappa shape index (κ1) is 37.8. The Morgan fingerprint density at radius 3 is 1.30 bits per heavy atom. The summed E-state index contributed by atoms with van der Waals surface area (Å²) in [5, 5.41) is 12.9. The molecule has 2 bridgehead atoms. The molecule has 71 heavy (non-hydrogen) atoms. The molecule has 3 aliphatic rings. The molecule has 0 saturated carbocycles. The van der Waals surface area contributed by atoms with Crippen LogP contribution in [0.3, 0.4) is 0 Å². The summed E-state index contributed by atoms with van der Waals surface area (Å²) in [5.41, 5.74) is 21.9. The van der Waals surface area contributed by atoms with E-state index in [0.29, 0.717) is 0 Å². The van der Waals surface area contributed by atoms with E-state index in [4.69, 9.17) is 0 Å². The second kappa shape index (κ2) is 13.7. The Morgan fingerprint density at radius 2 is 0.718 bits per heavy atom. The monoisotopic (exact) mass is 899 g/mol. The van der Waals surface area contributed by atoms with Crippen LogP contribution in [0.1, 0.15) is 45.2 Å². The van der Waals surface area contributed by atoms with Gasteiger partial charge in [-0.15, -0.1) is 0 Å². The Hall–Kier alpha value is -9.18. The summed E-state index contributed by atoms with van der Waals surface area (Å²) < 4.78 is 7.61. The minimum atomic E-state index is 0.0652. The third-order valence-corrected chi connectivity index (χ3v) is 16.5. The number of para-hydroxylation sites is 3. The largest absolute Gasteiger partial charge is 0.309 e. The summed E-state index contributed by atoms with van der Waals surface area (Å²) >= 11 is 0. The number of aromatic nitrogens is 3. The molecule has 0 aliphatic heterocycles. The zero-order valence-corrected chi connectivity index (χ0v) is 38.5. The Morgan fingerprint density at radius 1 is 0.268 bits per heavy atom. The number of fused-ring (bicyclic) bond motifs is 10. The maximum Gasteiger partial charge on any atom is 0.0788 e. The lowest BCUT2D eigenvalue weighted by atomic mass is 9.59. The highest BCUT2D eigenvalue weighted by Gasteiger charge is 2.44. The summed E-state index contributed by atoms with van der Waals surface area (Å²) in [6.07, 6.45) is 0. The molecule has 0 radical (unpaired) electrons. The fraction of sp³-hybridized carbons (Fsp3) is 0.0294. The summed E-state index contributed by atoms with van der Waals surface area (Å²) in [6, 6.07) is 89.1. The molecule has 3 heterocycles. The van der Waals surface area contributed by atoms with Crippen molar-refractivity contribution in [1.29, 1.82) is 0 Å². The average Bonchev–Trinajstić information content (AvgIpc) is 4.09. The average molecular weight is 900 g/mol. The van der Waals surface area contributed by atoms with Crippen molar-refractivity contribution >= 4 is 87.0 Å². The smallest absolute Gasteiger partial charge is 0.0788 e. The van der Waals surface area contributed by atoms with E-state index in [2.05, 4.69) is 250 Å². The Kier molecular flexibility index (Phi) is 7.31.